The molecule has 26 heavy (non-hydrogen) atoms. The fourth-order valence-corrected chi connectivity index (χ4v) is 4.52. The van der Waals surface area contributed by atoms with E-state index >= 15 is 0 Å². The zero-order valence-corrected chi connectivity index (χ0v) is 15.5. The number of hydrogen-bond acceptors (Lipinski definition) is 5. The molecule has 0 spiro atoms. The van der Waals surface area contributed by atoms with Crippen LogP contribution < -0.4 is 5.56 Å². The Morgan fingerprint density at radius 2 is 1.65 bits per heavy atom. The van der Waals surface area contributed by atoms with E-state index in [4.69, 9.17) is 0 Å². The van der Waals surface area contributed by atoms with Crippen molar-refractivity contribution in [2.24, 2.45) is 0 Å². The van der Waals surface area contributed by atoms with Crippen LogP contribution in [0.5, 0.6) is 0 Å². The molecule has 4 nitrogen and oxygen atoms in total. The normalized spacial score (nSPS) is 12.2. The van der Waals surface area contributed by atoms with Crippen LogP contribution in [0, 0.1) is 6.92 Å². The summed E-state index contributed by atoms with van der Waals surface area (Å²) in [5.74, 6) is 0. The first-order chi connectivity index (χ1) is 12.6. The summed E-state index contributed by atoms with van der Waals surface area (Å²) in [6.07, 6.45) is 0. The Kier molecular flexibility index (Phi) is 4.44. The highest BCUT2D eigenvalue weighted by Gasteiger charge is 2.12. The Labute approximate surface area is 156 Å². The zero-order chi connectivity index (χ0) is 18.1. The second kappa shape index (κ2) is 6.90. The van der Waals surface area contributed by atoms with Crippen LogP contribution in [0.25, 0.3) is 20.8 Å². The highest BCUT2D eigenvalue weighted by molar-refractivity contribution is 7.85. The van der Waals surface area contributed by atoms with Gasteiger partial charge in [0.1, 0.15) is 26.5 Å². The van der Waals surface area contributed by atoms with Crippen LogP contribution in [-0.4, -0.2) is 14.2 Å². The number of rotatable bonds is 3. The van der Waals surface area contributed by atoms with Crippen molar-refractivity contribution >= 4 is 32.2 Å². The molecule has 1 unspecified atom stereocenters. The number of hydrogen-bond donors (Lipinski definition) is 0. The van der Waals surface area contributed by atoms with Crippen LogP contribution in [0.15, 0.2) is 81.4 Å². The minimum atomic E-state index is -1.38. The van der Waals surface area contributed by atoms with Crippen molar-refractivity contribution in [1.29, 1.82) is 0 Å². The molecular weight excluding hydrogens is 364 g/mol. The fraction of sp³-hybridized carbons (Fsp3) is 0.0500. The average Bonchev–Trinajstić information content (AvgIpc) is 2.68. The Hall–Kier alpha value is -2.70. The topological polar surface area (TPSA) is 59.9 Å². The van der Waals surface area contributed by atoms with E-state index in [9.17, 15) is 9.00 Å². The van der Waals surface area contributed by atoms with Gasteiger partial charge in [0.2, 0.25) is 0 Å². The van der Waals surface area contributed by atoms with Gasteiger partial charge in [-0.15, -0.1) is 11.3 Å². The molecule has 2 aromatic carbocycles. The summed E-state index contributed by atoms with van der Waals surface area (Å²) in [7, 11) is -1.38. The lowest BCUT2D eigenvalue weighted by atomic mass is 10.2. The molecule has 6 heteroatoms. The van der Waals surface area contributed by atoms with E-state index in [1.54, 1.807) is 24.3 Å². The maximum atomic E-state index is 12.8. The molecule has 2 heterocycles. The van der Waals surface area contributed by atoms with E-state index < -0.39 is 10.8 Å². The van der Waals surface area contributed by atoms with Gasteiger partial charge in [0.15, 0.2) is 0 Å². The minimum absolute atomic E-state index is 0.277. The van der Waals surface area contributed by atoms with Crippen molar-refractivity contribution in [3.63, 3.8) is 0 Å². The smallest absolute Gasteiger partial charge is 0.267 e. The molecule has 0 aliphatic carbocycles. The number of pyridine rings is 1. The van der Waals surface area contributed by atoms with Gasteiger partial charge in [-0.25, -0.2) is 9.19 Å². The van der Waals surface area contributed by atoms with Gasteiger partial charge in [-0.05, 0) is 43.3 Å². The third kappa shape index (κ3) is 3.21. The summed E-state index contributed by atoms with van der Waals surface area (Å²) >= 11 is 1.40. The van der Waals surface area contributed by atoms with Crippen LogP contribution in [0.4, 0.5) is 0 Å². The third-order valence-corrected chi connectivity index (χ3v) is 6.27. The van der Waals surface area contributed by atoms with Gasteiger partial charge in [0.25, 0.3) is 5.56 Å². The van der Waals surface area contributed by atoms with Crippen LogP contribution >= 0.6 is 11.3 Å². The Balaban J connectivity index is 1.77. The summed E-state index contributed by atoms with van der Waals surface area (Å²) in [5.41, 5.74) is 1.38. The lowest BCUT2D eigenvalue weighted by Gasteiger charge is -2.05. The van der Waals surface area contributed by atoms with E-state index in [1.807, 2.05) is 49.4 Å². The van der Waals surface area contributed by atoms with Crippen molar-refractivity contribution < 1.29 is 4.21 Å². The standard InChI is InChI=1S/C20H14N2O2S2/c1-13-9-11-14(12-10-13)26(24)18-8-4-6-16(21-18)20-22-19(23)15-5-2-3-7-17(15)25-20/h2-12H,1H3. The molecule has 4 rings (SSSR count). The van der Waals surface area contributed by atoms with Crippen molar-refractivity contribution in [2.45, 2.75) is 16.8 Å². The van der Waals surface area contributed by atoms with Crippen molar-refractivity contribution in [2.75, 3.05) is 0 Å². The van der Waals surface area contributed by atoms with E-state index in [0.717, 1.165) is 10.3 Å². The molecule has 4 aromatic rings. The molecule has 2 aromatic heterocycles. The number of aromatic nitrogens is 2. The van der Waals surface area contributed by atoms with Crippen LogP contribution in [-0.2, 0) is 10.8 Å². The van der Waals surface area contributed by atoms with Crippen LogP contribution in [0.1, 0.15) is 5.56 Å². The maximum Gasteiger partial charge on any atom is 0.279 e. The lowest BCUT2D eigenvalue weighted by Crippen LogP contribution is -2.06. The van der Waals surface area contributed by atoms with Crippen molar-refractivity contribution in [3.8, 4) is 10.7 Å². The first kappa shape index (κ1) is 16.8. The summed E-state index contributed by atoms with van der Waals surface area (Å²) in [6.45, 7) is 1.98. The molecule has 0 saturated carbocycles. The second-order valence-corrected chi connectivity index (χ2v) is 8.22. The Morgan fingerprint density at radius 1 is 0.885 bits per heavy atom. The SMILES string of the molecule is Cc1ccc(S(=O)c2cccc(-c3nc(=O)c4ccccc4s3)n2)cc1. The van der Waals surface area contributed by atoms with E-state index in [2.05, 4.69) is 9.97 Å². The molecule has 1 atom stereocenters. The molecule has 0 saturated heterocycles. The number of aryl methyl sites for hydroxylation is 1. The Morgan fingerprint density at radius 3 is 2.46 bits per heavy atom. The molecule has 0 N–H and O–H groups in total. The third-order valence-electron chi connectivity index (χ3n) is 3.89. The van der Waals surface area contributed by atoms with Gasteiger partial charge in [-0.1, -0.05) is 35.9 Å². The fourth-order valence-electron chi connectivity index (χ4n) is 2.54. The molecule has 0 aliphatic heterocycles. The largest absolute Gasteiger partial charge is 0.279 e. The van der Waals surface area contributed by atoms with Gasteiger partial charge in [-0.2, -0.15) is 4.98 Å². The molecule has 0 fully saturated rings. The van der Waals surface area contributed by atoms with E-state index in [1.165, 1.54) is 11.3 Å². The predicted molar refractivity (Wildman–Crippen MR) is 105 cm³/mol. The summed E-state index contributed by atoms with van der Waals surface area (Å²) in [5, 5.41) is 1.57. The number of nitrogens with zero attached hydrogens (tertiary/aromatic N) is 2. The molecule has 128 valence electrons. The first-order valence-corrected chi connectivity index (χ1v) is 9.94. The molecule has 0 aliphatic rings. The zero-order valence-electron chi connectivity index (χ0n) is 13.9. The quantitative estimate of drug-likeness (QED) is 0.536. The maximum absolute atomic E-state index is 12.8. The highest BCUT2D eigenvalue weighted by Crippen LogP contribution is 2.26. The van der Waals surface area contributed by atoms with E-state index in [-0.39, 0.29) is 5.56 Å². The van der Waals surface area contributed by atoms with E-state index in [0.29, 0.717) is 26.0 Å². The van der Waals surface area contributed by atoms with Gasteiger partial charge in [0, 0.05) is 9.60 Å². The van der Waals surface area contributed by atoms with Gasteiger partial charge in [0.05, 0.1) is 5.39 Å². The molecule has 0 amide bonds. The summed E-state index contributed by atoms with van der Waals surface area (Å²) in [4.78, 5) is 21.6. The Bertz CT molecular complexity index is 1180. The first-order valence-electron chi connectivity index (χ1n) is 7.97. The van der Waals surface area contributed by atoms with Crippen molar-refractivity contribution in [1.82, 2.24) is 9.97 Å². The highest BCUT2D eigenvalue weighted by atomic mass is 32.2. The molecule has 0 bridgehead atoms. The number of fused-ring (bicyclic) bond motifs is 1. The summed E-state index contributed by atoms with van der Waals surface area (Å²) in [6, 6.07) is 20.2. The van der Waals surface area contributed by atoms with Gasteiger partial charge >= 0.3 is 0 Å². The van der Waals surface area contributed by atoms with Gasteiger partial charge < -0.3 is 0 Å². The lowest BCUT2D eigenvalue weighted by molar-refractivity contribution is 0.680. The van der Waals surface area contributed by atoms with Crippen molar-refractivity contribution in [3.05, 3.63) is 82.6 Å². The monoisotopic (exact) mass is 378 g/mol. The second-order valence-electron chi connectivity index (χ2n) is 5.76. The van der Waals surface area contributed by atoms with Gasteiger partial charge in [-0.3, -0.25) is 4.79 Å². The number of benzene rings is 2. The predicted octanol–water partition coefficient (Wildman–Crippen LogP) is 4.19. The van der Waals surface area contributed by atoms with Crippen LogP contribution in [0.3, 0.4) is 0 Å². The molecule has 0 radical (unpaired) electrons. The summed E-state index contributed by atoms with van der Waals surface area (Å²) < 4.78 is 13.6. The molecular formula is C20H14N2O2S2. The average molecular weight is 378 g/mol. The van der Waals surface area contributed by atoms with Crippen LogP contribution in [0.2, 0.25) is 0 Å². The minimum Gasteiger partial charge on any atom is -0.267 e.